The van der Waals surface area contributed by atoms with Crippen LogP contribution in [-0.4, -0.2) is 16.4 Å². The van der Waals surface area contributed by atoms with Gasteiger partial charge in [-0.15, -0.1) is 11.3 Å². The Labute approximate surface area is 116 Å². The fourth-order valence-electron chi connectivity index (χ4n) is 3.01. The molecule has 0 unspecified atom stereocenters. The maximum Gasteiger partial charge on any atom is 0.0459 e. The number of para-hydroxylation sites is 1. The van der Waals surface area contributed by atoms with Crippen molar-refractivity contribution in [2.24, 2.45) is 0 Å². The number of aromatic nitrogens is 1. The first kappa shape index (κ1) is 11.3. The van der Waals surface area contributed by atoms with E-state index in [2.05, 4.69) is 51.7 Å². The molecule has 0 radical (unpaired) electrons. The number of H-pyrrole nitrogens is 1. The quantitative estimate of drug-likeness (QED) is 0.749. The zero-order chi connectivity index (χ0) is 12.7. The predicted molar refractivity (Wildman–Crippen MR) is 80.4 cm³/mol. The molecule has 2 aromatic heterocycles. The Balaban J connectivity index is 1.63. The number of hydrogen-bond acceptors (Lipinski definition) is 2. The number of rotatable bonds is 2. The molecule has 3 heterocycles. The number of nitrogens with one attached hydrogen (secondary N) is 1. The van der Waals surface area contributed by atoms with E-state index >= 15 is 0 Å². The standard InChI is InChI=1S/C16H16N2S/c1-2-6-15-13(5-1)14-7-8-18(11-16(14)17-15)10-12-4-3-9-19-12/h1-6,9,17H,7-8,10-11H2. The van der Waals surface area contributed by atoms with Gasteiger partial charge in [0.1, 0.15) is 0 Å². The minimum atomic E-state index is 1.04. The van der Waals surface area contributed by atoms with Crippen molar-refractivity contribution < 1.29 is 0 Å². The molecule has 0 spiro atoms. The van der Waals surface area contributed by atoms with Crippen LogP contribution in [0.2, 0.25) is 0 Å². The van der Waals surface area contributed by atoms with Crippen LogP contribution in [0.3, 0.4) is 0 Å². The van der Waals surface area contributed by atoms with Gasteiger partial charge in [0, 0.05) is 41.1 Å². The van der Waals surface area contributed by atoms with Crippen LogP contribution in [0.15, 0.2) is 41.8 Å². The van der Waals surface area contributed by atoms with Gasteiger partial charge in [-0.05, 0) is 29.5 Å². The monoisotopic (exact) mass is 268 g/mol. The molecule has 0 fully saturated rings. The number of aromatic amines is 1. The molecule has 19 heavy (non-hydrogen) atoms. The van der Waals surface area contributed by atoms with E-state index in [0.717, 1.165) is 26.1 Å². The molecule has 0 saturated heterocycles. The predicted octanol–water partition coefficient (Wildman–Crippen LogP) is 3.79. The summed E-state index contributed by atoms with van der Waals surface area (Å²) in [5, 5.41) is 3.57. The molecule has 1 aliphatic rings. The largest absolute Gasteiger partial charge is 0.357 e. The van der Waals surface area contributed by atoms with Gasteiger partial charge in [0.15, 0.2) is 0 Å². The highest BCUT2D eigenvalue weighted by Gasteiger charge is 2.20. The number of nitrogens with zero attached hydrogens (tertiary/aromatic N) is 1. The van der Waals surface area contributed by atoms with Crippen molar-refractivity contribution in [3.8, 4) is 0 Å². The highest BCUT2D eigenvalue weighted by atomic mass is 32.1. The van der Waals surface area contributed by atoms with Gasteiger partial charge in [0.2, 0.25) is 0 Å². The molecular weight excluding hydrogens is 252 g/mol. The topological polar surface area (TPSA) is 19.0 Å². The van der Waals surface area contributed by atoms with Gasteiger partial charge in [0.05, 0.1) is 0 Å². The second kappa shape index (κ2) is 4.51. The van der Waals surface area contributed by atoms with Crippen LogP contribution >= 0.6 is 11.3 Å². The van der Waals surface area contributed by atoms with Crippen molar-refractivity contribution in [1.29, 1.82) is 0 Å². The minimum absolute atomic E-state index is 1.04. The van der Waals surface area contributed by atoms with Crippen molar-refractivity contribution in [2.75, 3.05) is 6.54 Å². The number of fused-ring (bicyclic) bond motifs is 3. The molecule has 1 N–H and O–H groups in total. The Hall–Kier alpha value is -1.58. The Morgan fingerprint density at radius 1 is 1.16 bits per heavy atom. The number of benzene rings is 1. The highest BCUT2D eigenvalue weighted by molar-refractivity contribution is 7.09. The van der Waals surface area contributed by atoms with Crippen LogP contribution in [0.4, 0.5) is 0 Å². The molecule has 4 rings (SSSR count). The van der Waals surface area contributed by atoms with E-state index in [4.69, 9.17) is 0 Å². The van der Waals surface area contributed by atoms with Crippen molar-refractivity contribution in [2.45, 2.75) is 19.5 Å². The lowest BCUT2D eigenvalue weighted by atomic mass is 10.0. The average molecular weight is 268 g/mol. The summed E-state index contributed by atoms with van der Waals surface area (Å²) < 4.78 is 0. The van der Waals surface area contributed by atoms with Gasteiger partial charge in [-0.3, -0.25) is 4.90 Å². The molecule has 0 atom stereocenters. The van der Waals surface area contributed by atoms with Crippen molar-refractivity contribution in [3.63, 3.8) is 0 Å². The maximum absolute atomic E-state index is 3.59. The molecule has 96 valence electrons. The lowest BCUT2D eigenvalue weighted by molar-refractivity contribution is 0.245. The Bertz CT molecular complexity index is 697. The molecule has 1 aliphatic heterocycles. The average Bonchev–Trinajstić information content (AvgIpc) is 3.05. The molecule has 1 aromatic carbocycles. The molecular formula is C16H16N2S. The van der Waals surface area contributed by atoms with Gasteiger partial charge in [-0.25, -0.2) is 0 Å². The van der Waals surface area contributed by atoms with Gasteiger partial charge < -0.3 is 4.98 Å². The maximum atomic E-state index is 3.59. The Morgan fingerprint density at radius 3 is 3.00 bits per heavy atom. The summed E-state index contributed by atoms with van der Waals surface area (Å²) in [4.78, 5) is 7.58. The van der Waals surface area contributed by atoms with E-state index in [-0.39, 0.29) is 0 Å². The van der Waals surface area contributed by atoms with Crippen LogP contribution in [0.1, 0.15) is 16.1 Å². The third-order valence-corrected chi connectivity index (χ3v) is 4.78. The first-order valence-corrected chi connectivity index (χ1v) is 7.61. The fraction of sp³-hybridized carbons (Fsp3) is 0.250. The van der Waals surface area contributed by atoms with E-state index in [1.807, 2.05) is 11.3 Å². The summed E-state index contributed by atoms with van der Waals surface area (Å²) >= 11 is 1.85. The molecule has 0 bridgehead atoms. The lowest BCUT2D eigenvalue weighted by Crippen LogP contribution is -2.29. The first-order valence-electron chi connectivity index (χ1n) is 6.73. The first-order chi connectivity index (χ1) is 9.40. The second-order valence-corrected chi connectivity index (χ2v) is 6.20. The van der Waals surface area contributed by atoms with E-state index in [0.29, 0.717) is 0 Å². The number of thiophene rings is 1. The summed E-state index contributed by atoms with van der Waals surface area (Å²) in [6.07, 6.45) is 1.16. The second-order valence-electron chi connectivity index (χ2n) is 5.17. The molecule has 0 amide bonds. The third-order valence-electron chi connectivity index (χ3n) is 3.92. The van der Waals surface area contributed by atoms with E-state index in [9.17, 15) is 0 Å². The normalized spacial score (nSPS) is 15.8. The van der Waals surface area contributed by atoms with Crippen LogP contribution in [0, 0.1) is 0 Å². The molecule has 3 aromatic rings. The SMILES string of the molecule is c1csc(CN2CCc3c([nH]c4ccccc34)C2)c1. The highest BCUT2D eigenvalue weighted by Crippen LogP contribution is 2.28. The van der Waals surface area contributed by atoms with E-state index in [1.165, 1.54) is 27.0 Å². The van der Waals surface area contributed by atoms with Gasteiger partial charge in [-0.1, -0.05) is 24.3 Å². The number of hydrogen-bond donors (Lipinski definition) is 1. The van der Waals surface area contributed by atoms with Crippen molar-refractivity contribution in [1.82, 2.24) is 9.88 Å². The third kappa shape index (κ3) is 1.99. The molecule has 2 nitrogen and oxygen atoms in total. The Kier molecular flexibility index (Phi) is 2.67. The zero-order valence-corrected chi connectivity index (χ0v) is 11.5. The minimum Gasteiger partial charge on any atom is -0.357 e. The van der Waals surface area contributed by atoms with Gasteiger partial charge in [0.25, 0.3) is 0 Å². The molecule has 0 aliphatic carbocycles. The van der Waals surface area contributed by atoms with Crippen LogP contribution in [-0.2, 0) is 19.5 Å². The molecule has 0 saturated carbocycles. The van der Waals surface area contributed by atoms with E-state index < -0.39 is 0 Å². The zero-order valence-electron chi connectivity index (χ0n) is 10.7. The van der Waals surface area contributed by atoms with Crippen molar-refractivity contribution in [3.05, 3.63) is 57.9 Å². The van der Waals surface area contributed by atoms with Crippen LogP contribution < -0.4 is 0 Å². The smallest absolute Gasteiger partial charge is 0.0459 e. The van der Waals surface area contributed by atoms with Gasteiger partial charge in [-0.2, -0.15) is 0 Å². The summed E-state index contributed by atoms with van der Waals surface area (Å²) in [5.74, 6) is 0. The van der Waals surface area contributed by atoms with Crippen LogP contribution in [0.25, 0.3) is 10.9 Å². The summed E-state index contributed by atoms with van der Waals surface area (Å²) in [7, 11) is 0. The van der Waals surface area contributed by atoms with Gasteiger partial charge >= 0.3 is 0 Å². The summed E-state index contributed by atoms with van der Waals surface area (Å²) in [6.45, 7) is 3.28. The summed E-state index contributed by atoms with van der Waals surface area (Å²) in [6, 6.07) is 13.0. The van der Waals surface area contributed by atoms with E-state index in [1.54, 1.807) is 0 Å². The van der Waals surface area contributed by atoms with Crippen LogP contribution in [0.5, 0.6) is 0 Å². The lowest BCUT2D eigenvalue weighted by Gasteiger charge is -2.26. The Morgan fingerprint density at radius 2 is 2.11 bits per heavy atom. The fourth-order valence-corrected chi connectivity index (χ4v) is 3.75. The summed E-state index contributed by atoms with van der Waals surface area (Å²) in [5.41, 5.74) is 4.22. The molecule has 3 heteroatoms. The van der Waals surface area contributed by atoms with Crippen molar-refractivity contribution >= 4 is 22.2 Å².